The van der Waals surface area contributed by atoms with Gasteiger partial charge in [0.05, 0.1) is 32.0 Å². The van der Waals surface area contributed by atoms with Crippen LogP contribution in [0.25, 0.3) is 0 Å². The second-order valence-electron chi connectivity index (χ2n) is 13.9. The van der Waals surface area contributed by atoms with Crippen molar-refractivity contribution in [3.63, 3.8) is 0 Å². The second kappa shape index (κ2) is 13.4. The lowest BCUT2D eigenvalue weighted by Gasteiger charge is -2.58. The molecule has 5 heteroatoms. The molecule has 5 nitrogen and oxygen atoms in total. The molecule has 1 fully saturated rings. The summed E-state index contributed by atoms with van der Waals surface area (Å²) < 4.78 is 19.0. The summed E-state index contributed by atoms with van der Waals surface area (Å²) >= 11 is 0. The SMILES string of the molecule is CC(C)(C)OC(=O)C1=C2CC(COCc3ccccc3)(COCc3ccccc3)C[C@H](c3ccccc3)[C@H]2[C@]1(O)c1ccccc1. The summed E-state index contributed by atoms with van der Waals surface area (Å²) in [6.07, 6.45) is 1.29. The average molecular weight is 617 g/mol. The standard InChI is InChI=1S/C41H44O5/c1-39(2,3)46-38(42)37-35-25-40(28-44-26-30-16-8-4-9-17-30,29-45-27-31-18-10-5-11-19-31)24-34(32-20-12-6-13-21-32)36(35)41(37,43)33-22-14-7-15-23-33/h4-23,34,36,43H,24-29H2,1-3H3/t34-,36-,41-/m1/s1. The molecule has 0 radical (unpaired) electrons. The van der Waals surface area contributed by atoms with Crippen LogP contribution in [0.4, 0.5) is 0 Å². The highest BCUT2D eigenvalue weighted by Gasteiger charge is 2.64. The van der Waals surface area contributed by atoms with Crippen molar-refractivity contribution in [2.24, 2.45) is 11.3 Å². The van der Waals surface area contributed by atoms with Gasteiger partial charge in [-0.3, -0.25) is 0 Å². The van der Waals surface area contributed by atoms with Gasteiger partial charge in [-0.25, -0.2) is 4.79 Å². The fourth-order valence-corrected chi connectivity index (χ4v) is 7.35. The normalized spacial score (nSPS) is 22.1. The first-order valence-corrected chi connectivity index (χ1v) is 16.2. The zero-order valence-corrected chi connectivity index (χ0v) is 27.0. The number of esters is 1. The smallest absolute Gasteiger partial charge is 0.337 e. The number of rotatable bonds is 11. The van der Waals surface area contributed by atoms with Gasteiger partial charge in [-0.2, -0.15) is 0 Å². The van der Waals surface area contributed by atoms with Gasteiger partial charge in [0, 0.05) is 11.3 Å². The summed E-state index contributed by atoms with van der Waals surface area (Å²) in [6.45, 7) is 7.43. The van der Waals surface area contributed by atoms with E-state index in [2.05, 4.69) is 36.4 Å². The Hall–Kier alpha value is -4.03. The molecule has 4 aromatic rings. The quantitative estimate of drug-likeness (QED) is 0.172. The maximum atomic E-state index is 14.0. The first-order chi connectivity index (χ1) is 22.2. The van der Waals surface area contributed by atoms with Crippen molar-refractivity contribution in [1.82, 2.24) is 0 Å². The summed E-state index contributed by atoms with van der Waals surface area (Å²) in [6, 6.07) is 40.3. The monoisotopic (exact) mass is 616 g/mol. The molecule has 0 aliphatic heterocycles. The van der Waals surface area contributed by atoms with Crippen molar-refractivity contribution in [2.75, 3.05) is 13.2 Å². The molecular formula is C41H44O5. The van der Waals surface area contributed by atoms with Crippen LogP contribution in [-0.4, -0.2) is 29.9 Å². The number of benzene rings is 4. The van der Waals surface area contributed by atoms with Crippen LogP contribution in [-0.2, 0) is 37.8 Å². The van der Waals surface area contributed by atoms with E-state index >= 15 is 0 Å². The molecule has 4 aromatic carbocycles. The van der Waals surface area contributed by atoms with Gasteiger partial charge in [-0.15, -0.1) is 0 Å². The molecule has 1 saturated carbocycles. The molecule has 0 spiro atoms. The zero-order valence-electron chi connectivity index (χ0n) is 27.0. The highest BCUT2D eigenvalue weighted by atomic mass is 16.6. The van der Waals surface area contributed by atoms with Crippen LogP contribution in [0.1, 0.15) is 61.8 Å². The molecule has 46 heavy (non-hydrogen) atoms. The molecular weight excluding hydrogens is 572 g/mol. The maximum absolute atomic E-state index is 14.0. The minimum atomic E-state index is -1.48. The van der Waals surface area contributed by atoms with E-state index in [1.54, 1.807) is 0 Å². The Balaban J connectivity index is 1.43. The third-order valence-electron chi connectivity index (χ3n) is 9.23. The molecule has 0 aromatic heterocycles. The number of fused-ring (bicyclic) bond motifs is 1. The summed E-state index contributed by atoms with van der Waals surface area (Å²) in [7, 11) is 0. The topological polar surface area (TPSA) is 65.0 Å². The molecule has 0 unspecified atom stereocenters. The first kappa shape index (κ1) is 31.9. The molecule has 2 aliphatic rings. The number of carbonyl (C=O) groups excluding carboxylic acids is 1. The number of aliphatic hydroxyl groups is 1. The number of hydrogen-bond donors (Lipinski definition) is 1. The molecule has 1 N–H and O–H groups in total. The first-order valence-electron chi connectivity index (χ1n) is 16.2. The van der Waals surface area contributed by atoms with Crippen LogP contribution in [0.3, 0.4) is 0 Å². The Bertz CT molecular complexity index is 1580. The van der Waals surface area contributed by atoms with Gasteiger partial charge < -0.3 is 19.3 Å². The Morgan fingerprint density at radius 1 is 0.739 bits per heavy atom. The molecule has 0 amide bonds. The van der Waals surface area contributed by atoms with E-state index in [1.807, 2.05) is 106 Å². The Kier molecular flexibility index (Phi) is 9.28. The second-order valence-corrected chi connectivity index (χ2v) is 13.9. The van der Waals surface area contributed by atoms with Crippen LogP contribution in [0.15, 0.2) is 132 Å². The summed E-state index contributed by atoms with van der Waals surface area (Å²) in [5.74, 6) is -0.846. The third kappa shape index (κ3) is 6.73. The van der Waals surface area contributed by atoms with Crippen molar-refractivity contribution in [2.45, 2.75) is 63.9 Å². The lowest BCUT2D eigenvalue weighted by molar-refractivity contribution is -0.158. The van der Waals surface area contributed by atoms with Gasteiger partial charge in [0.1, 0.15) is 11.2 Å². The minimum Gasteiger partial charge on any atom is -0.457 e. The maximum Gasteiger partial charge on any atom is 0.337 e. The molecule has 0 saturated heterocycles. The average Bonchev–Trinajstić information content (AvgIpc) is 3.05. The summed E-state index contributed by atoms with van der Waals surface area (Å²) in [4.78, 5) is 14.0. The summed E-state index contributed by atoms with van der Waals surface area (Å²) in [5, 5.41) is 12.7. The van der Waals surface area contributed by atoms with E-state index < -0.39 is 22.6 Å². The van der Waals surface area contributed by atoms with E-state index in [4.69, 9.17) is 14.2 Å². The van der Waals surface area contributed by atoms with Gasteiger partial charge in [-0.1, -0.05) is 121 Å². The van der Waals surface area contributed by atoms with Gasteiger partial charge in [0.25, 0.3) is 0 Å². The minimum absolute atomic E-state index is 0.0815. The van der Waals surface area contributed by atoms with Gasteiger partial charge in [0.15, 0.2) is 0 Å². The van der Waals surface area contributed by atoms with Crippen molar-refractivity contribution < 1.29 is 24.1 Å². The lowest BCUT2D eigenvalue weighted by Crippen LogP contribution is -2.58. The molecule has 0 heterocycles. The fraction of sp³-hybridized carbons (Fsp3) is 0.341. The Labute approximate surface area is 272 Å². The van der Waals surface area contributed by atoms with Crippen LogP contribution in [0, 0.1) is 11.3 Å². The lowest BCUT2D eigenvalue weighted by atomic mass is 9.47. The molecule has 2 aliphatic carbocycles. The molecule has 238 valence electrons. The van der Waals surface area contributed by atoms with Crippen LogP contribution < -0.4 is 0 Å². The van der Waals surface area contributed by atoms with Crippen molar-refractivity contribution in [3.05, 3.63) is 155 Å². The van der Waals surface area contributed by atoms with Gasteiger partial charge in [-0.05, 0) is 67.4 Å². The predicted molar refractivity (Wildman–Crippen MR) is 180 cm³/mol. The number of hydrogen-bond acceptors (Lipinski definition) is 5. The Morgan fingerprint density at radius 2 is 1.22 bits per heavy atom. The van der Waals surface area contributed by atoms with Gasteiger partial charge >= 0.3 is 5.97 Å². The molecule has 3 atom stereocenters. The highest BCUT2D eigenvalue weighted by Crippen LogP contribution is 2.65. The number of carbonyl (C=O) groups is 1. The van der Waals surface area contributed by atoms with Crippen LogP contribution in [0.5, 0.6) is 0 Å². The van der Waals surface area contributed by atoms with E-state index in [0.717, 1.165) is 28.7 Å². The fourth-order valence-electron chi connectivity index (χ4n) is 7.35. The summed E-state index contributed by atoms with van der Waals surface area (Å²) in [5.41, 5.74) is 2.69. The van der Waals surface area contributed by atoms with Gasteiger partial charge in [0.2, 0.25) is 0 Å². The Morgan fingerprint density at radius 3 is 1.72 bits per heavy atom. The largest absolute Gasteiger partial charge is 0.457 e. The molecule has 0 bridgehead atoms. The zero-order chi connectivity index (χ0) is 32.2. The van der Waals surface area contributed by atoms with E-state index in [9.17, 15) is 9.90 Å². The van der Waals surface area contributed by atoms with E-state index in [-0.39, 0.29) is 11.8 Å². The van der Waals surface area contributed by atoms with E-state index in [1.165, 1.54) is 0 Å². The highest BCUT2D eigenvalue weighted by molar-refractivity contribution is 5.95. The third-order valence-corrected chi connectivity index (χ3v) is 9.23. The van der Waals surface area contributed by atoms with E-state index in [0.29, 0.717) is 44.0 Å². The number of ether oxygens (including phenoxy) is 3. The van der Waals surface area contributed by atoms with Crippen molar-refractivity contribution in [3.8, 4) is 0 Å². The van der Waals surface area contributed by atoms with Crippen molar-refractivity contribution in [1.29, 1.82) is 0 Å². The molecule has 6 rings (SSSR count). The van der Waals surface area contributed by atoms with Crippen LogP contribution in [0.2, 0.25) is 0 Å². The van der Waals surface area contributed by atoms with Crippen LogP contribution >= 0.6 is 0 Å². The predicted octanol–water partition coefficient (Wildman–Crippen LogP) is 8.14. The van der Waals surface area contributed by atoms with Crippen molar-refractivity contribution >= 4 is 5.97 Å².